The van der Waals surface area contributed by atoms with Crippen molar-refractivity contribution in [3.8, 4) is 0 Å². The minimum Gasteiger partial charge on any atom is -0.387 e. The van der Waals surface area contributed by atoms with Crippen LogP contribution in [0.2, 0.25) is 0 Å². The molecule has 2 aromatic heterocycles. The number of nitrogen functional groups attached to an aromatic ring is 1. The Labute approximate surface area is 355 Å². The van der Waals surface area contributed by atoms with Gasteiger partial charge in [0.05, 0.1) is 77.9 Å². The average Bonchev–Trinajstić information content (AvgIpc) is 3.99. The van der Waals surface area contributed by atoms with Crippen molar-refractivity contribution in [2.24, 2.45) is 0 Å². The van der Waals surface area contributed by atoms with E-state index in [0.29, 0.717) is 64.5 Å². The smallest absolute Gasteiger partial charge is 0.387 e. The Kier molecular flexibility index (Phi) is 19.6. The minimum absolute atomic E-state index is 0.000196. The summed E-state index contributed by atoms with van der Waals surface area (Å²) >= 11 is 1.88. The van der Waals surface area contributed by atoms with Crippen LogP contribution in [0.3, 0.4) is 0 Å². The van der Waals surface area contributed by atoms with Crippen LogP contribution in [0.4, 0.5) is 10.6 Å². The van der Waals surface area contributed by atoms with Crippen molar-refractivity contribution in [1.82, 2.24) is 40.8 Å². The summed E-state index contributed by atoms with van der Waals surface area (Å²) < 4.78 is 50.5. The average molecular weight is 906 g/mol. The van der Waals surface area contributed by atoms with E-state index in [4.69, 9.17) is 33.9 Å². The van der Waals surface area contributed by atoms with Gasteiger partial charge in [0, 0.05) is 43.4 Å². The minimum atomic E-state index is -4.93. The van der Waals surface area contributed by atoms with E-state index in [1.807, 2.05) is 11.8 Å². The first-order valence-electron chi connectivity index (χ1n) is 20.1. The molecule has 0 spiro atoms. The van der Waals surface area contributed by atoms with Crippen LogP contribution in [0.15, 0.2) is 12.7 Å². The SMILES string of the molecule is Nc1ncnc2c1ncn2C1OC(COP(=O)(O)OC(=O)CCCC(=O)NCCOCCOCCOCCOCCNC(=O)CCCC[C@@H]2SCC3NC(=O)NC32)C(O)C1O. The molecule has 3 aliphatic heterocycles. The Morgan fingerprint density at radius 3 is 2.20 bits per heavy atom. The van der Waals surface area contributed by atoms with Gasteiger partial charge in [-0.1, -0.05) is 6.42 Å². The lowest BCUT2D eigenvalue weighted by molar-refractivity contribution is -0.136. The molecule has 3 fully saturated rings. The molecule has 5 heterocycles. The number of phosphoric ester groups is 1. The largest absolute Gasteiger partial charge is 0.529 e. The molecular weight excluding hydrogens is 849 g/mol. The number of aliphatic hydroxyl groups excluding tert-OH is 2. The van der Waals surface area contributed by atoms with E-state index < -0.39 is 44.9 Å². The summed E-state index contributed by atoms with van der Waals surface area (Å²) in [7, 11) is -4.93. The Hall–Kier alpha value is -3.75. The van der Waals surface area contributed by atoms with Crippen LogP contribution in [0.5, 0.6) is 0 Å². The number of anilines is 1. The Balaban J connectivity index is 0.765. The molecule has 0 saturated carbocycles. The van der Waals surface area contributed by atoms with Crippen LogP contribution in [0.25, 0.3) is 11.2 Å². The number of thioether (sulfide) groups is 1. The van der Waals surface area contributed by atoms with Crippen LogP contribution in [0, 0.1) is 0 Å². The molecule has 0 radical (unpaired) electrons. The molecule has 0 aromatic carbocycles. The third-order valence-corrected chi connectivity index (χ3v) is 12.2. The number of carbonyl (C=O) groups excluding carboxylic acids is 4. The number of phosphoric acid groups is 1. The molecule has 3 aliphatic rings. The number of imidazole rings is 1. The van der Waals surface area contributed by atoms with Gasteiger partial charge >= 0.3 is 19.8 Å². The zero-order valence-electron chi connectivity index (χ0n) is 33.6. The highest BCUT2D eigenvalue weighted by Gasteiger charge is 2.46. The fourth-order valence-corrected chi connectivity index (χ4v) is 8.93. The van der Waals surface area contributed by atoms with Gasteiger partial charge in [-0.3, -0.25) is 28.4 Å². The van der Waals surface area contributed by atoms with Gasteiger partial charge < -0.3 is 65.4 Å². The molecule has 4 amide bonds. The zero-order chi connectivity index (χ0) is 43.6. The number of fused-ring (bicyclic) bond motifs is 2. The van der Waals surface area contributed by atoms with Gasteiger partial charge in [-0.15, -0.1) is 0 Å². The first-order chi connectivity index (χ1) is 29.4. The third-order valence-electron chi connectivity index (χ3n) is 9.74. The summed E-state index contributed by atoms with van der Waals surface area (Å²) in [4.78, 5) is 69.8. The fourth-order valence-electron chi connectivity index (χ4n) is 6.65. The Morgan fingerprint density at radius 1 is 0.885 bits per heavy atom. The number of nitrogens with zero attached hydrogens (tertiary/aromatic N) is 4. The van der Waals surface area contributed by atoms with E-state index >= 15 is 0 Å². The van der Waals surface area contributed by atoms with E-state index in [2.05, 4.69) is 40.7 Å². The normalized spacial score (nSPS) is 24.2. The lowest BCUT2D eigenvalue weighted by atomic mass is 10.0. The van der Waals surface area contributed by atoms with Crippen LogP contribution in [0.1, 0.15) is 51.2 Å². The Bertz CT molecular complexity index is 1780. The van der Waals surface area contributed by atoms with Crippen LogP contribution < -0.4 is 27.0 Å². The van der Waals surface area contributed by atoms with Crippen LogP contribution >= 0.6 is 19.6 Å². The summed E-state index contributed by atoms with van der Waals surface area (Å²) in [5.41, 5.74) is 6.25. The molecule has 24 nitrogen and oxygen atoms in total. The van der Waals surface area contributed by atoms with E-state index in [0.717, 1.165) is 25.0 Å². The monoisotopic (exact) mass is 905 g/mol. The van der Waals surface area contributed by atoms with Crippen molar-refractivity contribution >= 4 is 60.4 Å². The summed E-state index contributed by atoms with van der Waals surface area (Å²) in [6.45, 7) is 2.71. The lowest BCUT2D eigenvalue weighted by Crippen LogP contribution is -2.36. The van der Waals surface area contributed by atoms with Crippen molar-refractivity contribution in [2.75, 3.05) is 84.0 Å². The second kappa shape index (κ2) is 24.8. The van der Waals surface area contributed by atoms with Gasteiger partial charge in [-0.05, 0) is 19.3 Å². The van der Waals surface area contributed by atoms with Gasteiger partial charge in [0.1, 0.15) is 30.2 Å². The number of rotatable bonds is 29. The first-order valence-corrected chi connectivity index (χ1v) is 22.6. The standard InChI is InChI=1S/C35H56N9O15PS/c36-32-29-33(40-20-39-32)44(21-41-29)34-31(49)30(48)23(58-34)18-57-60(51,52)59-27(47)7-3-6-26(46)38-9-11-54-13-15-56-17-16-55-14-12-53-10-8-37-25(45)5-2-1-4-24-28-22(19-61-24)42-35(50)43-28/h20-24,28,30-31,34,48-49H,1-19H2,(H,37,45)(H,38,46)(H,51,52)(H2,36,39,40)(H2,42,43,50)/t22?,23?,24-,28?,30?,31?,34?/m0/s1. The topological polar surface area (TPSA) is 328 Å². The third kappa shape index (κ3) is 15.5. The number of urea groups is 1. The summed E-state index contributed by atoms with van der Waals surface area (Å²) in [5.74, 6) is -0.415. The summed E-state index contributed by atoms with van der Waals surface area (Å²) in [6.07, 6.45) is -0.227. The van der Waals surface area contributed by atoms with Gasteiger partial charge in [-0.2, -0.15) is 11.8 Å². The highest BCUT2D eigenvalue weighted by Crippen LogP contribution is 2.45. The van der Waals surface area contributed by atoms with Gasteiger partial charge in [0.2, 0.25) is 11.8 Å². The molecule has 0 aliphatic carbocycles. The van der Waals surface area contributed by atoms with E-state index in [1.165, 1.54) is 17.2 Å². The number of hydrogen-bond acceptors (Lipinski definition) is 19. The fraction of sp³-hybridized carbons (Fsp3) is 0.743. The van der Waals surface area contributed by atoms with Crippen molar-refractivity contribution < 1.29 is 71.6 Å². The quantitative estimate of drug-likeness (QED) is 0.0272. The molecule has 3 saturated heterocycles. The molecule has 26 heteroatoms. The van der Waals surface area contributed by atoms with Crippen molar-refractivity contribution in [3.63, 3.8) is 0 Å². The van der Waals surface area contributed by atoms with E-state index in [1.54, 1.807) is 0 Å². The van der Waals surface area contributed by atoms with Gasteiger partial charge in [-0.25, -0.2) is 24.3 Å². The molecule has 8 atom stereocenters. The van der Waals surface area contributed by atoms with Crippen LogP contribution in [-0.4, -0.2) is 172 Å². The molecule has 2 aromatic rings. The number of carbonyl (C=O) groups is 4. The van der Waals surface area contributed by atoms with Crippen molar-refractivity contribution in [2.45, 2.75) is 86.8 Å². The number of hydrogen-bond donors (Lipinski definition) is 8. The first kappa shape index (κ1) is 48.3. The molecule has 0 bridgehead atoms. The maximum atomic E-state index is 12.4. The maximum Gasteiger partial charge on any atom is 0.529 e. The lowest BCUT2D eigenvalue weighted by Gasteiger charge is -2.17. The predicted octanol–water partition coefficient (Wildman–Crippen LogP) is -1.12. The summed E-state index contributed by atoms with van der Waals surface area (Å²) in [6, 6.07) is 0.322. The number of aromatic nitrogens is 4. The second-order valence-electron chi connectivity index (χ2n) is 14.2. The number of unbranched alkanes of at least 4 members (excludes halogenated alkanes) is 1. The number of nitrogens with two attached hydrogens (primary N) is 1. The van der Waals surface area contributed by atoms with Gasteiger partial charge in [0.15, 0.2) is 17.7 Å². The molecule has 7 unspecified atom stereocenters. The van der Waals surface area contributed by atoms with Crippen molar-refractivity contribution in [1.29, 1.82) is 0 Å². The highest BCUT2D eigenvalue weighted by atomic mass is 32.2. The van der Waals surface area contributed by atoms with Gasteiger partial charge in [0.25, 0.3) is 0 Å². The Morgan fingerprint density at radius 2 is 1.52 bits per heavy atom. The molecule has 61 heavy (non-hydrogen) atoms. The number of aliphatic hydroxyl groups is 2. The number of ether oxygens (including phenoxy) is 5. The molecule has 9 N–H and O–H groups in total. The highest BCUT2D eigenvalue weighted by molar-refractivity contribution is 8.00. The van der Waals surface area contributed by atoms with Crippen LogP contribution in [-0.2, 0) is 51.7 Å². The number of nitrogens with one attached hydrogen (secondary N) is 4. The maximum absolute atomic E-state index is 12.4. The van der Waals surface area contributed by atoms with E-state index in [-0.39, 0.29) is 79.3 Å². The van der Waals surface area contributed by atoms with E-state index in [9.17, 15) is 38.8 Å². The molecular formula is C35H56N9O15PS. The number of amides is 4. The van der Waals surface area contributed by atoms with Crippen molar-refractivity contribution in [3.05, 3.63) is 12.7 Å². The summed E-state index contributed by atoms with van der Waals surface area (Å²) in [5, 5.41) is 32.8. The molecule has 342 valence electrons. The predicted molar refractivity (Wildman–Crippen MR) is 215 cm³/mol. The zero-order valence-corrected chi connectivity index (χ0v) is 35.3. The second-order valence-corrected chi connectivity index (χ2v) is 16.9. The molecule has 5 rings (SSSR count).